The molecule has 7 heteroatoms. The molecule has 2 atom stereocenters. The summed E-state index contributed by atoms with van der Waals surface area (Å²) in [5.41, 5.74) is 5.35. The molecule has 0 radical (unpaired) electrons. The summed E-state index contributed by atoms with van der Waals surface area (Å²) in [5.74, 6) is -0.644. The largest absolute Gasteiger partial charge is 0.366 e. The van der Waals surface area contributed by atoms with Crippen molar-refractivity contribution in [3.63, 3.8) is 0 Å². The first-order valence-corrected chi connectivity index (χ1v) is 8.04. The number of nitrogens with one attached hydrogen (secondary N) is 2. The highest BCUT2D eigenvalue weighted by Crippen LogP contribution is 2.15. The number of rotatable bonds is 4. The van der Waals surface area contributed by atoms with Gasteiger partial charge in [0.15, 0.2) is 0 Å². The molecular weight excluding hydrogens is 278 g/mol. The average Bonchev–Trinajstić information content (AvgIpc) is 2.41. The van der Waals surface area contributed by atoms with Gasteiger partial charge in [-0.15, -0.1) is 0 Å². The van der Waals surface area contributed by atoms with Gasteiger partial charge in [-0.25, -0.2) is 13.1 Å². The fraction of sp³-hybridized carbons (Fsp3) is 0.462. The number of nitrogens with two attached hydrogens (primary N) is 1. The number of hydrogen-bond donors (Lipinski definition) is 3. The number of piperidine rings is 1. The van der Waals surface area contributed by atoms with Gasteiger partial charge in [-0.1, -0.05) is 6.07 Å². The summed E-state index contributed by atoms with van der Waals surface area (Å²) in [5, 5.41) is 3.23. The molecule has 1 amide bonds. The zero-order chi connectivity index (χ0) is 14.8. The lowest BCUT2D eigenvalue weighted by atomic mass is 10.0. The van der Waals surface area contributed by atoms with Gasteiger partial charge in [0.25, 0.3) is 0 Å². The molecule has 0 saturated carbocycles. The maximum atomic E-state index is 12.3. The summed E-state index contributed by atoms with van der Waals surface area (Å²) in [4.78, 5) is 11.2. The zero-order valence-electron chi connectivity index (χ0n) is 11.3. The van der Waals surface area contributed by atoms with Crippen LogP contribution in [0, 0.1) is 0 Å². The van der Waals surface area contributed by atoms with Crippen LogP contribution in [0.1, 0.15) is 30.1 Å². The molecule has 20 heavy (non-hydrogen) atoms. The zero-order valence-corrected chi connectivity index (χ0v) is 12.1. The van der Waals surface area contributed by atoms with E-state index in [0.717, 1.165) is 19.4 Å². The minimum Gasteiger partial charge on any atom is -0.366 e. The van der Waals surface area contributed by atoms with E-state index in [9.17, 15) is 13.2 Å². The third kappa shape index (κ3) is 3.36. The van der Waals surface area contributed by atoms with Crippen LogP contribution in [-0.4, -0.2) is 33.0 Å². The quantitative estimate of drug-likeness (QED) is 0.739. The number of primary amides is 1. The highest BCUT2D eigenvalue weighted by Gasteiger charge is 2.26. The summed E-state index contributed by atoms with van der Waals surface area (Å²) < 4.78 is 27.3. The van der Waals surface area contributed by atoms with Crippen LogP contribution in [0.4, 0.5) is 0 Å². The molecule has 1 aliphatic rings. The SMILES string of the molecule is CC1NCCCC1NS(=O)(=O)c1cccc(C(N)=O)c1. The Balaban J connectivity index is 2.21. The van der Waals surface area contributed by atoms with E-state index in [0.29, 0.717) is 0 Å². The molecule has 6 nitrogen and oxygen atoms in total. The van der Waals surface area contributed by atoms with Gasteiger partial charge in [0.1, 0.15) is 0 Å². The van der Waals surface area contributed by atoms with Crippen LogP contribution in [0.3, 0.4) is 0 Å². The normalized spacial score (nSPS) is 23.4. The first kappa shape index (κ1) is 15.0. The molecule has 1 aromatic rings. The maximum absolute atomic E-state index is 12.3. The minimum absolute atomic E-state index is 0.0616. The Labute approximate surface area is 118 Å². The second-order valence-corrected chi connectivity index (χ2v) is 6.72. The summed E-state index contributed by atoms with van der Waals surface area (Å²) in [7, 11) is -3.65. The van der Waals surface area contributed by atoms with E-state index in [4.69, 9.17) is 5.73 Å². The topological polar surface area (TPSA) is 101 Å². The van der Waals surface area contributed by atoms with E-state index in [-0.39, 0.29) is 22.5 Å². The van der Waals surface area contributed by atoms with E-state index < -0.39 is 15.9 Å². The smallest absolute Gasteiger partial charge is 0.248 e. The highest BCUT2D eigenvalue weighted by molar-refractivity contribution is 7.89. The molecule has 0 aliphatic carbocycles. The van der Waals surface area contributed by atoms with Gasteiger partial charge in [-0.2, -0.15) is 0 Å². The van der Waals surface area contributed by atoms with Crippen molar-refractivity contribution < 1.29 is 13.2 Å². The lowest BCUT2D eigenvalue weighted by Gasteiger charge is -2.30. The second kappa shape index (κ2) is 5.90. The van der Waals surface area contributed by atoms with Crippen molar-refractivity contribution >= 4 is 15.9 Å². The monoisotopic (exact) mass is 297 g/mol. The minimum atomic E-state index is -3.65. The molecule has 1 heterocycles. The third-order valence-electron chi connectivity index (χ3n) is 3.50. The van der Waals surface area contributed by atoms with Gasteiger partial charge in [-0.3, -0.25) is 4.79 Å². The summed E-state index contributed by atoms with van der Waals surface area (Å²) >= 11 is 0. The molecule has 2 rings (SSSR count). The maximum Gasteiger partial charge on any atom is 0.248 e. The van der Waals surface area contributed by atoms with Crippen LogP contribution >= 0.6 is 0 Å². The predicted molar refractivity (Wildman–Crippen MR) is 75.8 cm³/mol. The summed E-state index contributed by atoms with van der Waals surface area (Å²) in [6.45, 7) is 2.85. The van der Waals surface area contributed by atoms with Crippen LogP contribution in [0.5, 0.6) is 0 Å². The van der Waals surface area contributed by atoms with Gasteiger partial charge in [-0.05, 0) is 44.5 Å². The summed E-state index contributed by atoms with van der Waals surface area (Å²) in [6.07, 6.45) is 1.72. The third-order valence-corrected chi connectivity index (χ3v) is 4.98. The number of benzene rings is 1. The molecule has 0 spiro atoms. The Morgan fingerprint density at radius 2 is 2.20 bits per heavy atom. The van der Waals surface area contributed by atoms with Gasteiger partial charge in [0.2, 0.25) is 15.9 Å². The fourth-order valence-corrected chi connectivity index (χ4v) is 3.69. The predicted octanol–water partition coefficient (Wildman–Crippen LogP) is 0.204. The van der Waals surface area contributed by atoms with Gasteiger partial charge < -0.3 is 11.1 Å². The molecule has 1 aliphatic heterocycles. The van der Waals surface area contributed by atoms with E-state index >= 15 is 0 Å². The first-order valence-electron chi connectivity index (χ1n) is 6.56. The van der Waals surface area contributed by atoms with Crippen LogP contribution in [0.25, 0.3) is 0 Å². The molecule has 4 N–H and O–H groups in total. The van der Waals surface area contributed by atoms with Gasteiger partial charge >= 0.3 is 0 Å². The van der Waals surface area contributed by atoms with Crippen molar-refractivity contribution in [2.24, 2.45) is 5.73 Å². The highest BCUT2D eigenvalue weighted by atomic mass is 32.2. The number of carbonyl (C=O) groups excluding carboxylic acids is 1. The van der Waals surface area contributed by atoms with Crippen LogP contribution < -0.4 is 15.8 Å². The van der Waals surface area contributed by atoms with Crippen LogP contribution in [-0.2, 0) is 10.0 Å². The Kier molecular flexibility index (Phi) is 4.42. The summed E-state index contributed by atoms with van der Waals surface area (Å²) in [6, 6.07) is 5.69. The van der Waals surface area contributed by atoms with Crippen LogP contribution in [0.15, 0.2) is 29.2 Å². The van der Waals surface area contributed by atoms with Crippen molar-refractivity contribution in [1.29, 1.82) is 0 Å². The van der Waals surface area contributed by atoms with E-state index in [1.807, 2.05) is 6.92 Å². The van der Waals surface area contributed by atoms with Crippen molar-refractivity contribution in [3.8, 4) is 0 Å². The molecule has 1 aromatic carbocycles. The van der Waals surface area contributed by atoms with Crippen molar-refractivity contribution in [2.75, 3.05) is 6.54 Å². The van der Waals surface area contributed by atoms with Crippen molar-refractivity contribution in [1.82, 2.24) is 10.0 Å². The fourth-order valence-electron chi connectivity index (χ4n) is 2.29. The van der Waals surface area contributed by atoms with E-state index in [1.54, 1.807) is 0 Å². The lowest BCUT2D eigenvalue weighted by Crippen LogP contribution is -2.51. The van der Waals surface area contributed by atoms with Gasteiger partial charge in [0.05, 0.1) is 4.90 Å². The molecule has 110 valence electrons. The first-order chi connectivity index (χ1) is 9.40. The van der Waals surface area contributed by atoms with Crippen LogP contribution in [0.2, 0.25) is 0 Å². The van der Waals surface area contributed by atoms with Crippen molar-refractivity contribution in [3.05, 3.63) is 29.8 Å². The number of sulfonamides is 1. The molecule has 1 saturated heterocycles. The lowest BCUT2D eigenvalue weighted by molar-refractivity contribution is 0.1000. The number of amides is 1. The molecular formula is C13H19N3O3S. The Morgan fingerprint density at radius 3 is 2.85 bits per heavy atom. The van der Waals surface area contributed by atoms with E-state index in [2.05, 4.69) is 10.0 Å². The molecule has 0 aromatic heterocycles. The Morgan fingerprint density at radius 1 is 1.45 bits per heavy atom. The average molecular weight is 297 g/mol. The molecule has 0 bridgehead atoms. The number of hydrogen-bond acceptors (Lipinski definition) is 4. The van der Waals surface area contributed by atoms with Gasteiger partial charge in [0, 0.05) is 17.6 Å². The number of carbonyl (C=O) groups is 1. The standard InChI is InChI=1S/C13H19N3O3S/c1-9-12(6-3-7-15-9)16-20(18,19)11-5-2-4-10(8-11)13(14)17/h2,4-5,8-9,12,15-16H,3,6-7H2,1H3,(H2,14,17). The van der Waals surface area contributed by atoms with E-state index in [1.165, 1.54) is 24.3 Å². The molecule has 1 fully saturated rings. The Hall–Kier alpha value is -1.44. The second-order valence-electron chi connectivity index (χ2n) is 5.00. The van der Waals surface area contributed by atoms with Crippen molar-refractivity contribution in [2.45, 2.75) is 36.7 Å². The molecule has 2 unspecified atom stereocenters. The Bertz CT molecular complexity index is 601.